The van der Waals surface area contributed by atoms with E-state index in [0.717, 1.165) is 36.1 Å². The Bertz CT molecular complexity index is 513. The van der Waals surface area contributed by atoms with Gasteiger partial charge in [-0.3, -0.25) is 15.2 Å². The standard InChI is InChI=1S/C16H26N4O/c1-5-7-11-20(15(17)18)16(21)19(4)14-12(3)9-8-10-13(14)6-2/h8-10H,5-7,11H2,1-4H3,(H3,17,18). The minimum absolute atomic E-state index is 0.202. The summed E-state index contributed by atoms with van der Waals surface area (Å²) >= 11 is 0. The van der Waals surface area contributed by atoms with Gasteiger partial charge in [-0.1, -0.05) is 38.5 Å². The second-order valence-corrected chi connectivity index (χ2v) is 5.17. The molecule has 116 valence electrons. The van der Waals surface area contributed by atoms with Gasteiger partial charge in [0.2, 0.25) is 0 Å². The van der Waals surface area contributed by atoms with E-state index in [4.69, 9.17) is 11.1 Å². The Morgan fingerprint density at radius 1 is 1.33 bits per heavy atom. The summed E-state index contributed by atoms with van der Waals surface area (Å²) in [5, 5.41) is 7.62. The average Bonchev–Trinajstić information content (AvgIpc) is 2.46. The SMILES string of the molecule is CCCCN(C(=N)N)C(=O)N(C)c1c(C)cccc1CC. The van der Waals surface area contributed by atoms with Gasteiger partial charge in [-0.25, -0.2) is 4.79 Å². The molecule has 0 spiro atoms. The van der Waals surface area contributed by atoms with Gasteiger partial charge in [-0.15, -0.1) is 0 Å². The van der Waals surface area contributed by atoms with Gasteiger partial charge in [-0.05, 0) is 30.9 Å². The number of carbonyl (C=O) groups excluding carboxylic acids is 1. The number of anilines is 1. The number of guanidine groups is 1. The number of para-hydroxylation sites is 1. The highest BCUT2D eigenvalue weighted by Crippen LogP contribution is 2.25. The number of hydrogen-bond donors (Lipinski definition) is 2. The highest BCUT2D eigenvalue weighted by Gasteiger charge is 2.23. The molecule has 5 nitrogen and oxygen atoms in total. The molecule has 1 aromatic carbocycles. The summed E-state index contributed by atoms with van der Waals surface area (Å²) in [5.74, 6) is -0.202. The van der Waals surface area contributed by atoms with Crippen molar-refractivity contribution in [2.24, 2.45) is 5.73 Å². The molecule has 1 aromatic rings. The van der Waals surface area contributed by atoms with Crippen molar-refractivity contribution in [3.8, 4) is 0 Å². The molecular formula is C16H26N4O. The van der Waals surface area contributed by atoms with Crippen molar-refractivity contribution in [3.05, 3.63) is 29.3 Å². The van der Waals surface area contributed by atoms with Crippen LogP contribution in [0.2, 0.25) is 0 Å². The van der Waals surface area contributed by atoms with E-state index >= 15 is 0 Å². The highest BCUT2D eigenvalue weighted by molar-refractivity contribution is 6.02. The van der Waals surface area contributed by atoms with Crippen LogP contribution >= 0.6 is 0 Å². The Hall–Kier alpha value is -2.04. The van der Waals surface area contributed by atoms with E-state index in [1.54, 1.807) is 11.9 Å². The second kappa shape index (κ2) is 7.67. The Kier molecular flexibility index (Phi) is 6.21. The molecule has 0 bridgehead atoms. The Morgan fingerprint density at radius 2 is 2.00 bits per heavy atom. The molecule has 0 unspecified atom stereocenters. The van der Waals surface area contributed by atoms with Gasteiger partial charge in [0.25, 0.3) is 0 Å². The summed E-state index contributed by atoms with van der Waals surface area (Å²) in [4.78, 5) is 15.6. The lowest BCUT2D eigenvalue weighted by molar-refractivity contribution is 0.227. The molecule has 1 rings (SSSR count). The number of urea groups is 1. The average molecular weight is 290 g/mol. The van der Waals surface area contributed by atoms with E-state index in [-0.39, 0.29) is 12.0 Å². The molecule has 0 radical (unpaired) electrons. The van der Waals surface area contributed by atoms with Gasteiger partial charge in [0.15, 0.2) is 5.96 Å². The first-order valence-electron chi connectivity index (χ1n) is 7.41. The first kappa shape index (κ1) is 17.0. The van der Waals surface area contributed by atoms with Crippen molar-refractivity contribution in [2.75, 3.05) is 18.5 Å². The molecule has 0 aliphatic heterocycles. The molecular weight excluding hydrogens is 264 g/mol. The number of aryl methyl sites for hydroxylation is 2. The molecule has 0 fully saturated rings. The Balaban J connectivity index is 3.08. The van der Waals surface area contributed by atoms with Crippen molar-refractivity contribution in [3.63, 3.8) is 0 Å². The van der Waals surface area contributed by atoms with Gasteiger partial charge in [-0.2, -0.15) is 0 Å². The summed E-state index contributed by atoms with van der Waals surface area (Å²) in [5.41, 5.74) is 8.64. The first-order chi connectivity index (χ1) is 9.93. The topological polar surface area (TPSA) is 73.4 Å². The molecule has 0 aliphatic carbocycles. The monoisotopic (exact) mass is 290 g/mol. The van der Waals surface area contributed by atoms with Crippen LogP contribution in [0.15, 0.2) is 18.2 Å². The highest BCUT2D eigenvalue weighted by atomic mass is 16.2. The van der Waals surface area contributed by atoms with Gasteiger partial charge in [0, 0.05) is 13.6 Å². The molecule has 0 saturated carbocycles. The number of carbonyl (C=O) groups is 1. The molecule has 3 N–H and O–H groups in total. The number of benzene rings is 1. The van der Waals surface area contributed by atoms with Crippen LogP contribution in [0.1, 0.15) is 37.8 Å². The predicted octanol–water partition coefficient (Wildman–Crippen LogP) is 3.11. The van der Waals surface area contributed by atoms with Crippen LogP contribution in [-0.2, 0) is 6.42 Å². The maximum Gasteiger partial charge on any atom is 0.331 e. The maximum absolute atomic E-state index is 12.6. The fourth-order valence-corrected chi connectivity index (χ4v) is 2.40. The molecule has 0 atom stereocenters. The third kappa shape index (κ3) is 3.97. The first-order valence-corrected chi connectivity index (χ1v) is 7.41. The quantitative estimate of drug-likeness (QED) is 0.646. The van der Waals surface area contributed by atoms with Crippen LogP contribution < -0.4 is 10.6 Å². The van der Waals surface area contributed by atoms with Crippen molar-refractivity contribution in [2.45, 2.75) is 40.0 Å². The lowest BCUT2D eigenvalue weighted by Crippen LogP contribution is -2.48. The Morgan fingerprint density at radius 3 is 2.52 bits per heavy atom. The van der Waals surface area contributed by atoms with E-state index in [1.807, 2.05) is 32.0 Å². The normalized spacial score (nSPS) is 10.3. The molecule has 0 saturated heterocycles. The minimum atomic E-state index is -0.250. The van der Waals surface area contributed by atoms with Gasteiger partial charge in [0.05, 0.1) is 5.69 Å². The zero-order valence-corrected chi connectivity index (χ0v) is 13.4. The second-order valence-electron chi connectivity index (χ2n) is 5.17. The molecule has 5 heteroatoms. The molecule has 0 aromatic heterocycles. The van der Waals surface area contributed by atoms with Crippen molar-refractivity contribution in [1.82, 2.24) is 4.90 Å². The number of rotatable bonds is 5. The lowest BCUT2D eigenvalue weighted by atomic mass is 10.1. The van der Waals surface area contributed by atoms with Gasteiger partial charge >= 0.3 is 6.03 Å². The fraction of sp³-hybridized carbons (Fsp3) is 0.500. The van der Waals surface area contributed by atoms with Crippen LogP contribution in [0, 0.1) is 12.3 Å². The summed E-state index contributed by atoms with van der Waals surface area (Å²) in [6, 6.07) is 5.76. The summed E-state index contributed by atoms with van der Waals surface area (Å²) in [7, 11) is 1.74. The van der Waals surface area contributed by atoms with Crippen LogP contribution in [0.3, 0.4) is 0 Å². The van der Waals surface area contributed by atoms with Crippen LogP contribution in [0.25, 0.3) is 0 Å². The van der Waals surface area contributed by atoms with Crippen molar-refractivity contribution in [1.29, 1.82) is 5.41 Å². The van der Waals surface area contributed by atoms with Crippen LogP contribution in [0.4, 0.5) is 10.5 Å². The molecule has 0 heterocycles. The van der Waals surface area contributed by atoms with Crippen LogP contribution in [-0.4, -0.2) is 30.5 Å². The van der Waals surface area contributed by atoms with E-state index < -0.39 is 0 Å². The van der Waals surface area contributed by atoms with Crippen molar-refractivity contribution >= 4 is 17.7 Å². The fourth-order valence-electron chi connectivity index (χ4n) is 2.40. The third-order valence-corrected chi connectivity index (χ3v) is 3.58. The lowest BCUT2D eigenvalue weighted by Gasteiger charge is -2.29. The number of hydrogen-bond acceptors (Lipinski definition) is 2. The minimum Gasteiger partial charge on any atom is -0.370 e. The number of nitrogens with two attached hydrogens (primary N) is 1. The summed E-state index contributed by atoms with van der Waals surface area (Å²) in [6.07, 6.45) is 2.63. The number of nitrogens with zero attached hydrogens (tertiary/aromatic N) is 2. The van der Waals surface area contributed by atoms with Gasteiger partial charge in [0.1, 0.15) is 0 Å². The largest absolute Gasteiger partial charge is 0.370 e. The summed E-state index contributed by atoms with van der Waals surface area (Å²) < 4.78 is 0. The predicted molar refractivity (Wildman–Crippen MR) is 87.9 cm³/mol. The van der Waals surface area contributed by atoms with Crippen molar-refractivity contribution < 1.29 is 4.79 Å². The third-order valence-electron chi connectivity index (χ3n) is 3.58. The number of unbranched alkanes of at least 4 members (excludes halogenated alkanes) is 1. The molecule has 0 aliphatic rings. The van der Waals surface area contributed by atoms with Crippen LogP contribution in [0.5, 0.6) is 0 Å². The number of nitrogens with one attached hydrogen (secondary N) is 1. The zero-order chi connectivity index (χ0) is 16.0. The molecule has 2 amide bonds. The molecule has 21 heavy (non-hydrogen) atoms. The maximum atomic E-state index is 12.6. The van der Waals surface area contributed by atoms with E-state index in [2.05, 4.69) is 6.92 Å². The zero-order valence-electron chi connectivity index (χ0n) is 13.4. The Labute approximate surface area is 127 Å². The van der Waals surface area contributed by atoms with Gasteiger partial charge < -0.3 is 5.73 Å². The van der Waals surface area contributed by atoms with E-state index in [9.17, 15) is 4.79 Å². The van der Waals surface area contributed by atoms with E-state index in [1.165, 1.54) is 4.90 Å². The van der Waals surface area contributed by atoms with E-state index in [0.29, 0.717) is 6.54 Å². The smallest absolute Gasteiger partial charge is 0.331 e. The number of amides is 2. The summed E-state index contributed by atoms with van der Waals surface area (Å²) in [6.45, 7) is 6.57.